The van der Waals surface area contributed by atoms with E-state index >= 15 is 0 Å². The summed E-state index contributed by atoms with van der Waals surface area (Å²) in [6.45, 7) is 2.99. The van der Waals surface area contributed by atoms with Gasteiger partial charge in [-0.1, -0.05) is 44.8 Å². The van der Waals surface area contributed by atoms with E-state index in [0.717, 1.165) is 38.1 Å². The summed E-state index contributed by atoms with van der Waals surface area (Å²) < 4.78 is 0. The number of carbonyl (C=O) groups excluding carboxylic acids is 1. The lowest BCUT2D eigenvalue weighted by Gasteiger charge is -2.30. The Labute approximate surface area is 121 Å². The van der Waals surface area contributed by atoms with Crippen LogP contribution in [0.2, 0.25) is 0 Å². The van der Waals surface area contributed by atoms with Crippen molar-refractivity contribution >= 4 is 23.1 Å². The summed E-state index contributed by atoms with van der Waals surface area (Å²) in [7, 11) is 0. The van der Waals surface area contributed by atoms with Gasteiger partial charge in [-0.2, -0.15) is 0 Å². The Balaban J connectivity index is 1.96. The van der Waals surface area contributed by atoms with E-state index in [1.165, 1.54) is 25.7 Å². The van der Waals surface area contributed by atoms with Crippen LogP contribution < -0.4 is 11.1 Å². The highest BCUT2D eigenvalue weighted by Gasteiger charge is 2.41. The molecule has 0 heterocycles. The fourth-order valence-electron chi connectivity index (χ4n) is 3.17. The van der Waals surface area contributed by atoms with E-state index in [9.17, 15) is 4.79 Å². The van der Waals surface area contributed by atoms with Gasteiger partial charge in [0, 0.05) is 6.54 Å². The summed E-state index contributed by atoms with van der Waals surface area (Å²) in [5.74, 6) is 1.47. The van der Waals surface area contributed by atoms with Crippen molar-refractivity contribution in [2.24, 2.45) is 23.0 Å². The van der Waals surface area contributed by atoms with Gasteiger partial charge < -0.3 is 11.1 Å². The molecule has 1 unspecified atom stereocenters. The third kappa shape index (κ3) is 3.47. The first-order chi connectivity index (χ1) is 9.06. The van der Waals surface area contributed by atoms with Gasteiger partial charge >= 0.3 is 0 Å². The average molecular weight is 282 g/mol. The zero-order chi connectivity index (χ0) is 13.9. The van der Waals surface area contributed by atoms with Gasteiger partial charge in [0.2, 0.25) is 5.91 Å². The monoisotopic (exact) mass is 282 g/mol. The first-order valence-corrected chi connectivity index (χ1v) is 8.05. The Hall–Kier alpha value is -0.640. The number of hydrogen-bond donors (Lipinski definition) is 2. The molecule has 2 rings (SSSR count). The Bertz CT molecular complexity index is 344. The molecule has 0 bridgehead atoms. The normalized spacial score (nSPS) is 24.3. The predicted octanol–water partition coefficient (Wildman–Crippen LogP) is 2.78. The third-order valence-corrected chi connectivity index (χ3v) is 5.27. The van der Waals surface area contributed by atoms with E-state index in [1.54, 1.807) is 0 Å². The van der Waals surface area contributed by atoms with Crippen molar-refractivity contribution in [3.05, 3.63) is 0 Å². The van der Waals surface area contributed by atoms with Gasteiger partial charge in [0.1, 0.15) is 0 Å². The molecule has 4 heteroatoms. The molecule has 2 aliphatic carbocycles. The molecule has 2 saturated carbocycles. The maximum absolute atomic E-state index is 12.6. The van der Waals surface area contributed by atoms with Gasteiger partial charge in [-0.25, -0.2) is 0 Å². The Kier molecular flexibility index (Phi) is 4.82. The SMILES string of the molecule is CC(CNC(=O)C1(C(N)=S)CCCCCC1)C1CC1. The first-order valence-electron chi connectivity index (χ1n) is 7.64. The van der Waals surface area contributed by atoms with E-state index in [1.807, 2.05) is 0 Å². The highest BCUT2D eigenvalue weighted by atomic mass is 32.1. The fraction of sp³-hybridized carbons (Fsp3) is 0.867. The van der Waals surface area contributed by atoms with Crippen LogP contribution in [0.1, 0.15) is 58.3 Å². The minimum Gasteiger partial charge on any atom is -0.392 e. The van der Waals surface area contributed by atoms with Crippen LogP contribution in [-0.4, -0.2) is 17.4 Å². The predicted molar refractivity (Wildman–Crippen MR) is 81.8 cm³/mol. The van der Waals surface area contributed by atoms with Gasteiger partial charge in [-0.3, -0.25) is 4.79 Å². The maximum Gasteiger partial charge on any atom is 0.233 e. The summed E-state index contributed by atoms with van der Waals surface area (Å²) in [6, 6.07) is 0. The quantitative estimate of drug-likeness (QED) is 0.602. The highest BCUT2D eigenvalue weighted by molar-refractivity contribution is 7.80. The Morgan fingerprint density at radius 1 is 1.32 bits per heavy atom. The van der Waals surface area contributed by atoms with E-state index in [4.69, 9.17) is 18.0 Å². The van der Waals surface area contributed by atoms with Gasteiger partial charge in [-0.15, -0.1) is 0 Å². The zero-order valence-corrected chi connectivity index (χ0v) is 12.7. The maximum atomic E-state index is 12.6. The molecule has 0 aromatic rings. The lowest BCUT2D eigenvalue weighted by molar-refractivity contribution is -0.128. The van der Waals surface area contributed by atoms with Crippen LogP contribution in [-0.2, 0) is 4.79 Å². The van der Waals surface area contributed by atoms with E-state index in [0.29, 0.717) is 10.9 Å². The van der Waals surface area contributed by atoms with Crippen molar-refractivity contribution in [3.63, 3.8) is 0 Å². The molecule has 2 fully saturated rings. The van der Waals surface area contributed by atoms with Gasteiger partial charge in [0.15, 0.2) is 0 Å². The molecule has 3 N–H and O–H groups in total. The minimum absolute atomic E-state index is 0.0781. The number of amides is 1. The zero-order valence-electron chi connectivity index (χ0n) is 11.9. The molecule has 0 aliphatic heterocycles. The molecule has 0 spiro atoms. The molecule has 1 amide bonds. The molecule has 1 atom stereocenters. The van der Waals surface area contributed by atoms with Crippen LogP contribution in [0, 0.1) is 17.3 Å². The van der Waals surface area contributed by atoms with Gasteiger partial charge in [-0.05, 0) is 37.5 Å². The van der Waals surface area contributed by atoms with Crippen molar-refractivity contribution in [2.45, 2.75) is 58.3 Å². The van der Waals surface area contributed by atoms with E-state index < -0.39 is 5.41 Å². The van der Waals surface area contributed by atoms with Crippen molar-refractivity contribution < 1.29 is 4.79 Å². The lowest BCUT2D eigenvalue weighted by Crippen LogP contribution is -2.49. The smallest absolute Gasteiger partial charge is 0.233 e. The summed E-state index contributed by atoms with van der Waals surface area (Å²) >= 11 is 5.22. The summed E-state index contributed by atoms with van der Waals surface area (Å²) in [5, 5.41) is 3.12. The molecule has 19 heavy (non-hydrogen) atoms. The standard InChI is InChI=1S/C15H26N2OS/c1-11(12-6-7-12)10-17-14(18)15(13(16)19)8-4-2-3-5-9-15/h11-12H,2-10H2,1H3,(H2,16,19)(H,17,18). The molecule has 0 saturated heterocycles. The molecule has 0 aromatic heterocycles. The molecular formula is C15H26N2OS. The molecule has 108 valence electrons. The molecule has 2 aliphatic rings. The number of hydrogen-bond acceptors (Lipinski definition) is 2. The van der Waals surface area contributed by atoms with Gasteiger partial charge in [0.25, 0.3) is 0 Å². The molecule has 0 aromatic carbocycles. The van der Waals surface area contributed by atoms with E-state index in [2.05, 4.69) is 12.2 Å². The Morgan fingerprint density at radius 2 is 1.89 bits per heavy atom. The number of rotatable bonds is 5. The number of carbonyl (C=O) groups is 1. The second-order valence-corrected chi connectivity index (χ2v) is 6.83. The third-order valence-electron chi connectivity index (χ3n) is 4.87. The van der Waals surface area contributed by atoms with Crippen molar-refractivity contribution in [2.75, 3.05) is 6.54 Å². The summed E-state index contributed by atoms with van der Waals surface area (Å²) in [5.41, 5.74) is 5.35. The number of thiocarbonyl (C=S) groups is 1. The number of nitrogens with one attached hydrogen (secondary N) is 1. The van der Waals surface area contributed by atoms with Gasteiger partial charge in [0.05, 0.1) is 10.4 Å². The first kappa shape index (κ1) is 14.8. The molecule has 0 radical (unpaired) electrons. The number of nitrogens with two attached hydrogens (primary N) is 1. The average Bonchev–Trinajstić information content (AvgIpc) is 3.20. The minimum atomic E-state index is -0.574. The van der Waals surface area contributed by atoms with Crippen LogP contribution in [0.3, 0.4) is 0 Å². The highest BCUT2D eigenvalue weighted by Crippen LogP contribution is 2.38. The molecule has 3 nitrogen and oxygen atoms in total. The topological polar surface area (TPSA) is 55.1 Å². The lowest BCUT2D eigenvalue weighted by atomic mass is 9.79. The van der Waals surface area contributed by atoms with Crippen LogP contribution in [0.4, 0.5) is 0 Å². The fourth-order valence-corrected chi connectivity index (χ4v) is 3.47. The largest absolute Gasteiger partial charge is 0.392 e. The summed E-state index contributed by atoms with van der Waals surface area (Å²) in [6.07, 6.45) is 8.78. The van der Waals surface area contributed by atoms with Crippen LogP contribution in [0.5, 0.6) is 0 Å². The molecular weight excluding hydrogens is 256 g/mol. The second-order valence-electron chi connectivity index (χ2n) is 6.39. The van der Waals surface area contributed by atoms with E-state index in [-0.39, 0.29) is 5.91 Å². The van der Waals surface area contributed by atoms with Crippen molar-refractivity contribution in [1.82, 2.24) is 5.32 Å². The van der Waals surface area contributed by atoms with Crippen LogP contribution >= 0.6 is 12.2 Å². The Morgan fingerprint density at radius 3 is 2.37 bits per heavy atom. The summed E-state index contributed by atoms with van der Waals surface area (Å²) in [4.78, 5) is 13.0. The second kappa shape index (κ2) is 6.21. The van der Waals surface area contributed by atoms with Crippen LogP contribution in [0.25, 0.3) is 0 Å². The van der Waals surface area contributed by atoms with Crippen molar-refractivity contribution in [3.8, 4) is 0 Å². The van der Waals surface area contributed by atoms with Crippen LogP contribution in [0.15, 0.2) is 0 Å². The van der Waals surface area contributed by atoms with Crippen molar-refractivity contribution in [1.29, 1.82) is 0 Å².